The lowest BCUT2D eigenvalue weighted by atomic mass is 10.2. The Balaban J connectivity index is 2.20. The highest BCUT2D eigenvalue weighted by molar-refractivity contribution is 6.41. The second-order valence-corrected chi connectivity index (χ2v) is 5.15. The number of methoxy groups -OCH3 is 1. The van der Waals surface area contributed by atoms with E-state index in [9.17, 15) is 9.59 Å². The number of nitrogens with zero attached hydrogens (tertiary/aromatic N) is 1. The minimum Gasteiger partial charge on any atom is -0.462 e. The number of carbonyl (C=O) groups is 2. The Hall–Kier alpha value is -1.50. The first-order valence-electron chi connectivity index (χ1n) is 6.24. The first kappa shape index (κ1) is 15.9. The summed E-state index contributed by atoms with van der Waals surface area (Å²) in [7, 11) is 1.13. The molecule has 1 heterocycles. The predicted octanol–water partition coefficient (Wildman–Crippen LogP) is 1.94. The molecule has 114 valence electrons. The highest BCUT2D eigenvalue weighted by Crippen LogP contribution is 2.37. The number of anilines is 2. The van der Waals surface area contributed by atoms with Crippen LogP contribution in [0.1, 0.15) is 0 Å². The molecular weight excluding hydrogens is 319 g/mol. The molecule has 21 heavy (non-hydrogen) atoms. The zero-order chi connectivity index (χ0) is 15.4. The van der Waals surface area contributed by atoms with Crippen LogP contribution >= 0.6 is 23.2 Å². The number of carbonyl (C=O) groups excluding carboxylic acids is 2. The molecule has 0 bridgehead atoms. The maximum atomic E-state index is 11.5. The summed E-state index contributed by atoms with van der Waals surface area (Å²) in [6.07, 6.45) is 0. The van der Waals surface area contributed by atoms with Crippen molar-refractivity contribution in [3.05, 3.63) is 22.2 Å². The van der Waals surface area contributed by atoms with Gasteiger partial charge in [0.25, 0.3) is 0 Å². The molecule has 8 heteroatoms. The molecular formula is C13H14Cl2N2O4. The summed E-state index contributed by atoms with van der Waals surface area (Å²) >= 11 is 12.5. The zero-order valence-electron chi connectivity index (χ0n) is 11.3. The molecule has 1 aromatic rings. The van der Waals surface area contributed by atoms with Crippen molar-refractivity contribution in [2.45, 2.75) is 0 Å². The van der Waals surface area contributed by atoms with Gasteiger partial charge in [0, 0.05) is 18.8 Å². The topological polar surface area (TPSA) is 67.9 Å². The van der Waals surface area contributed by atoms with E-state index in [0.717, 1.165) is 7.11 Å². The Kier molecular flexibility index (Phi) is 5.27. The van der Waals surface area contributed by atoms with Crippen molar-refractivity contribution in [3.8, 4) is 0 Å². The van der Waals surface area contributed by atoms with Gasteiger partial charge in [0.05, 0.1) is 36.1 Å². The number of amides is 1. The summed E-state index contributed by atoms with van der Waals surface area (Å²) in [4.78, 5) is 24.5. The Morgan fingerprint density at radius 2 is 1.81 bits per heavy atom. The van der Waals surface area contributed by atoms with Gasteiger partial charge in [-0.05, 0) is 12.1 Å². The number of benzene rings is 1. The average molecular weight is 333 g/mol. The molecule has 0 atom stereocenters. The third-order valence-electron chi connectivity index (χ3n) is 2.97. The van der Waals surface area contributed by atoms with E-state index in [0.29, 0.717) is 47.7 Å². The minimum absolute atomic E-state index is 0.331. The van der Waals surface area contributed by atoms with Gasteiger partial charge in [-0.3, -0.25) is 4.79 Å². The molecule has 0 aliphatic carbocycles. The van der Waals surface area contributed by atoms with Crippen molar-refractivity contribution in [1.29, 1.82) is 0 Å². The zero-order valence-corrected chi connectivity index (χ0v) is 12.8. The largest absolute Gasteiger partial charge is 0.462 e. The quantitative estimate of drug-likeness (QED) is 0.662. The van der Waals surface area contributed by atoms with Crippen molar-refractivity contribution < 1.29 is 19.1 Å². The molecule has 1 amide bonds. The van der Waals surface area contributed by atoms with E-state index in [1.165, 1.54) is 0 Å². The van der Waals surface area contributed by atoms with Gasteiger partial charge >= 0.3 is 11.9 Å². The van der Waals surface area contributed by atoms with Crippen molar-refractivity contribution in [1.82, 2.24) is 0 Å². The summed E-state index contributed by atoms with van der Waals surface area (Å²) in [5, 5.41) is 3.17. The van der Waals surface area contributed by atoms with Gasteiger partial charge in [0.1, 0.15) is 0 Å². The molecule has 6 nitrogen and oxygen atoms in total. The Morgan fingerprint density at radius 1 is 1.24 bits per heavy atom. The van der Waals surface area contributed by atoms with Crippen LogP contribution in [-0.4, -0.2) is 45.3 Å². The van der Waals surface area contributed by atoms with Crippen LogP contribution in [0, 0.1) is 0 Å². The van der Waals surface area contributed by atoms with Gasteiger partial charge in [-0.2, -0.15) is 0 Å². The number of morpholine rings is 1. The molecule has 1 N–H and O–H groups in total. The van der Waals surface area contributed by atoms with Crippen molar-refractivity contribution >= 4 is 46.5 Å². The van der Waals surface area contributed by atoms with E-state index < -0.39 is 11.9 Å². The van der Waals surface area contributed by atoms with Crippen molar-refractivity contribution in [2.24, 2.45) is 0 Å². The SMILES string of the molecule is COC(=O)C(=O)Nc1cc(Cl)c(N2CCOCC2)c(Cl)c1. The number of ether oxygens (including phenoxy) is 2. The summed E-state index contributed by atoms with van der Waals surface area (Å²) in [5.41, 5.74) is 1.02. The first-order chi connectivity index (χ1) is 10.0. The number of halogens is 2. The Morgan fingerprint density at radius 3 is 2.33 bits per heavy atom. The number of rotatable bonds is 2. The highest BCUT2D eigenvalue weighted by atomic mass is 35.5. The van der Waals surface area contributed by atoms with E-state index in [1.807, 2.05) is 4.90 Å². The minimum atomic E-state index is -0.987. The van der Waals surface area contributed by atoms with E-state index in [1.54, 1.807) is 12.1 Å². The fourth-order valence-corrected chi connectivity index (χ4v) is 2.73. The molecule has 1 aliphatic rings. The summed E-state index contributed by atoms with van der Waals surface area (Å²) in [5.74, 6) is -1.87. The lowest BCUT2D eigenvalue weighted by Crippen LogP contribution is -2.36. The summed E-state index contributed by atoms with van der Waals surface area (Å²) < 4.78 is 9.60. The van der Waals surface area contributed by atoms with E-state index >= 15 is 0 Å². The standard InChI is InChI=1S/C13H14Cl2N2O4/c1-20-13(19)12(18)16-8-6-9(14)11(10(15)7-8)17-2-4-21-5-3-17/h6-7H,2-5H2,1H3,(H,16,18). The van der Waals surface area contributed by atoms with E-state index in [-0.39, 0.29) is 0 Å². The van der Waals surface area contributed by atoms with Crippen LogP contribution in [0.15, 0.2) is 12.1 Å². The number of nitrogens with one attached hydrogen (secondary N) is 1. The van der Waals surface area contributed by atoms with Crippen molar-refractivity contribution in [3.63, 3.8) is 0 Å². The fraction of sp³-hybridized carbons (Fsp3) is 0.385. The molecule has 1 fully saturated rings. The van der Waals surface area contributed by atoms with Crippen molar-refractivity contribution in [2.75, 3.05) is 43.6 Å². The van der Waals surface area contributed by atoms with Crippen LogP contribution < -0.4 is 10.2 Å². The monoisotopic (exact) mass is 332 g/mol. The van der Waals surface area contributed by atoms with Gasteiger partial charge in [-0.25, -0.2) is 4.79 Å². The van der Waals surface area contributed by atoms with Gasteiger partial charge in [-0.15, -0.1) is 0 Å². The third-order valence-corrected chi connectivity index (χ3v) is 3.55. The molecule has 1 aromatic carbocycles. The van der Waals surface area contributed by atoms with Crippen LogP contribution in [0.25, 0.3) is 0 Å². The number of hydrogen-bond acceptors (Lipinski definition) is 5. The lowest BCUT2D eigenvalue weighted by Gasteiger charge is -2.30. The predicted molar refractivity (Wildman–Crippen MR) is 80.1 cm³/mol. The van der Waals surface area contributed by atoms with Crippen LogP contribution in [-0.2, 0) is 19.1 Å². The molecule has 0 saturated carbocycles. The third kappa shape index (κ3) is 3.78. The maximum Gasteiger partial charge on any atom is 0.396 e. The second kappa shape index (κ2) is 6.98. The van der Waals surface area contributed by atoms with Crippen LogP contribution in [0.5, 0.6) is 0 Å². The highest BCUT2D eigenvalue weighted by Gasteiger charge is 2.20. The molecule has 0 aromatic heterocycles. The van der Waals surface area contributed by atoms with Gasteiger partial charge in [0.15, 0.2) is 0 Å². The van der Waals surface area contributed by atoms with E-state index in [4.69, 9.17) is 27.9 Å². The van der Waals surface area contributed by atoms with Gasteiger partial charge in [0.2, 0.25) is 0 Å². The average Bonchev–Trinajstić information content (AvgIpc) is 2.46. The first-order valence-corrected chi connectivity index (χ1v) is 6.99. The van der Waals surface area contributed by atoms with Crippen LogP contribution in [0.2, 0.25) is 10.0 Å². The summed E-state index contributed by atoms with van der Waals surface area (Å²) in [6, 6.07) is 3.08. The van der Waals surface area contributed by atoms with Gasteiger partial charge in [-0.1, -0.05) is 23.2 Å². The lowest BCUT2D eigenvalue weighted by molar-refractivity contribution is -0.150. The summed E-state index contributed by atoms with van der Waals surface area (Å²) in [6.45, 7) is 2.58. The smallest absolute Gasteiger partial charge is 0.396 e. The molecule has 2 rings (SSSR count). The number of hydrogen-bond donors (Lipinski definition) is 1. The second-order valence-electron chi connectivity index (χ2n) is 4.33. The molecule has 0 radical (unpaired) electrons. The molecule has 1 aliphatic heterocycles. The maximum absolute atomic E-state index is 11.5. The van der Waals surface area contributed by atoms with Crippen LogP contribution in [0.3, 0.4) is 0 Å². The molecule has 0 spiro atoms. The van der Waals surface area contributed by atoms with Gasteiger partial charge < -0.3 is 19.7 Å². The molecule has 0 unspecified atom stereocenters. The van der Waals surface area contributed by atoms with Crippen LogP contribution in [0.4, 0.5) is 11.4 Å². The molecule has 1 saturated heterocycles. The number of esters is 1. The Labute approximate surface area is 131 Å². The Bertz CT molecular complexity index is 536. The van der Waals surface area contributed by atoms with E-state index in [2.05, 4.69) is 10.1 Å². The normalized spacial score (nSPS) is 14.7. The fourth-order valence-electron chi connectivity index (χ4n) is 2.00.